The summed E-state index contributed by atoms with van der Waals surface area (Å²) in [5.41, 5.74) is 0. The second kappa shape index (κ2) is 8.29. The number of rotatable bonds is 9. The van der Waals surface area contributed by atoms with E-state index in [0.29, 0.717) is 23.7 Å². The highest BCUT2D eigenvalue weighted by molar-refractivity contribution is 5.81. The average molecular weight is 320 g/mol. The van der Waals surface area contributed by atoms with Crippen LogP contribution in [0.25, 0.3) is 0 Å². The molecule has 1 N–H and O–H groups in total. The lowest BCUT2D eigenvalue weighted by Gasteiger charge is -2.37. The highest BCUT2D eigenvalue weighted by Gasteiger charge is 2.31. The molecule has 1 aliphatic carbocycles. The van der Waals surface area contributed by atoms with Gasteiger partial charge in [0.15, 0.2) is 5.78 Å². The van der Waals surface area contributed by atoms with Crippen LogP contribution in [0.1, 0.15) is 47.0 Å². The van der Waals surface area contributed by atoms with E-state index in [0.717, 1.165) is 19.3 Å². The molecule has 1 atom stereocenters. The molecule has 23 heavy (non-hydrogen) atoms. The van der Waals surface area contributed by atoms with Crippen LogP contribution in [0.2, 0.25) is 0 Å². The Balaban J connectivity index is 1.71. The summed E-state index contributed by atoms with van der Waals surface area (Å²) < 4.78 is 11.3. The predicted octanol–water partition coefficient (Wildman–Crippen LogP) is 2.98. The van der Waals surface area contributed by atoms with Crippen LogP contribution in [0.3, 0.4) is 0 Å². The maximum Gasteiger partial charge on any atom is 0.213 e. The van der Waals surface area contributed by atoms with Crippen molar-refractivity contribution in [3.05, 3.63) is 18.3 Å². The molecule has 1 unspecified atom stereocenters. The lowest BCUT2D eigenvalue weighted by molar-refractivity contribution is -0.123. The highest BCUT2D eigenvalue weighted by Crippen LogP contribution is 2.26. The van der Waals surface area contributed by atoms with Crippen molar-refractivity contribution in [1.82, 2.24) is 10.3 Å². The normalized spacial score (nSPS) is 21.6. The molecule has 1 saturated carbocycles. The molecule has 1 aromatic rings. The van der Waals surface area contributed by atoms with Gasteiger partial charge in [0.25, 0.3) is 0 Å². The summed E-state index contributed by atoms with van der Waals surface area (Å²) in [6.45, 7) is 8.21. The first-order valence-electron chi connectivity index (χ1n) is 8.52. The number of Topliss-reactive ketones (excluding diaryl/α,β-unsaturated/α-hetero) is 1. The Morgan fingerprint density at radius 1 is 1.35 bits per heavy atom. The SMILES string of the molecule is CCC(C)N[C@H]1C[C@@H](Oc2ccc(OCC(=O)C(C)C)cn2)C1. The van der Waals surface area contributed by atoms with Crippen molar-refractivity contribution in [2.24, 2.45) is 5.92 Å². The Kier molecular flexibility index (Phi) is 6.39. The van der Waals surface area contributed by atoms with Crippen LogP contribution in [0.15, 0.2) is 18.3 Å². The number of carbonyl (C=O) groups excluding carboxylic acids is 1. The third kappa shape index (κ3) is 5.50. The van der Waals surface area contributed by atoms with Gasteiger partial charge >= 0.3 is 0 Å². The highest BCUT2D eigenvalue weighted by atomic mass is 16.5. The van der Waals surface area contributed by atoms with Crippen LogP contribution < -0.4 is 14.8 Å². The van der Waals surface area contributed by atoms with Gasteiger partial charge in [0.1, 0.15) is 18.5 Å². The van der Waals surface area contributed by atoms with Crippen molar-refractivity contribution in [1.29, 1.82) is 0 Å². The lowest BCUT2D eigenvalue weighted by Crippen LogP contribution is -2.49. The van der Waals surface area contributed by atoms with Gasteiger partial charge in [-0.25, -0.2) is 4.98 Å². The topological polar surface area (TPSA) is 60.5 Å². The fourth-order valence-electron chi connectivity index (χ4n) is 2.33. The van der Waals surface area contributed by atoms with Crippen LogP contribution in [-0.4, -0.2) is 35.6 Å². The molecular weight excluding hydrogens is 292 g/mol. The summed E-state index contributed by atoms with van der Waals surface area (Å²) in [6, 6.07) is 4.71. The Morgan fingerprint density at radius 3 is 2.65 bits per heavy atom. The summed E-state index contributed by atoms with van der Waals surface area (Å²) >= 11 is 0. The van der Waals surface area contributed by atoms with Crippen molar-refractivity contribution in [2.75, 3.05) is 6.61 Å². The van der Waals surface area contributed by atoms with Crippen molar-refractivity contribution in [3.8, 4) is 11.6 Å². The number of aromatic nitrogens is 1. The molecule has 5 heteroatoms. The van der Waals surface area contributed by atoms with Crippen LogP contribution in [0, 0.1) is 5.92 Å². The van der Waals surface area contributed by atoms with Crippen molar-refractivity contribution in [2.45, 2.75) is 65.1 Å². The standard InChI is InChI=1S/C18H28N2O3/c1-5-13(4)20-14-8-16(9-14)23-18-7-6-15(10-19-18)22-11-17(21)12(2)3/h6-7,10,12-14,16,20H,5,8-9,11H2,1-4H3/t13?,14-,16+. The molecule has 0 aromatic carbocycles. The zero-order chi connectivity index (χ0) is 16.8. The second-order valence-electron chi connectivity index (χ2n) is 6.63. The molecule has 128 valence electrons. The molecule has 0 aliphatic heterocycles. The average Bonchev–Trinajstić information content (AvgIpc) is 2.51. The van der Waals surface area contributed by atoms with Gasteiger partial charge in [0, 0.05) is 24.1 Å². The van der Waals surface area contributed by atoms with Crippen molar-refractivity contribution < 1.29 is 14.3 Å². The number of hydrogen-bond donors (Lipinski definition) is 1. The first-order chi connectivity index (χ1) is 11.0. The third-order valence-corrected chi connectivity index (χ3v) is 4.25. The van der Waals surface area contributed by atoms with E-state index < -0.39 is 0 Å². The van der Waals surface area contributed by atoms with E-state index in [2.05, 4.69) is 24.1 Å². The Hall–Kier alpha value is -1.62. The summed E-state index contributed by atoms with van der Waals surface area (Å²) in [5.74, 6) is 1.27. The van der Waals surface area contributed by atoms with Crippen LogP contribution in [0.5, 0.6) is 11.6 Å². The van der Waals surface area contributed by atoms with Crippen LogP contribution >= 0.6 is 0 Å². The van der Waals surface area contributed by atoms with Gasteiger partial charge in [-0.05, 0) is 32.3 Å². The lowest BCUT2D eigenvalue weighted by atomic mass is 9.88. The van der Waals surface area contributed by atoms with E-state index in [9.17, 15) is 4.79 Å². The minimum absolute atomic E-state index is 0.0128. The molecule has 2 rings (SSSR count). The monoisotopic (exact) mass is 320 g/mol. The van der Waals surface area contributed by atoms with E-state index in [1.165, 1.54) is 0 Å². The number of pyridine rings is 1. The predicted molar refractivity (Wildman–Crippen MR) is 89.9 cm³/mol. The van der Waals surface area contributed by atoms with Gasteiger partial charge in [-0.2, -0.15) is 0 Å². The summed E-state index contributed by atoms with van der Waals surface area (Å²) in [5, 5.41) is 3.57. The largest absolute Gasteiger partial charge is 0.484 e. The van der Waals surface area contributed by atoms with Gasteiger partial charge in [-0.1, -0.05) is 20.8 Å². The summed E-state index contributed by atoms with van der Waals surface area (Å²) in [4.78, 5) is 15.8. The number of ketones is 1. The smallest absolute Gasteiger partial charge is 0.213 e. The van der Waals surface area contributed by atoms with E-state index in [-0.39, 0.29) is 24.4 Å². The number of nitrogens with one attached hydrogen (secondary N) is 1. The van der Waals surface area contributed by atoms with Crippen LogP contribution in [0.4, 0.5) is 0 Å². The zero-order valence-electron chi connectivity index (χ0n) is 14.5. The number of ether oxygens (including phenoxy) is 2. The molecule has 1 heterocycles. The molecular formula is C18H28N2O3. The van der Waals surface area contributed by atoms with E-state index in [1.807, 2.05) is 13.8 Å². The van der Waals surface area contributed by atoms with E-state index in [1.54, 1.807) is 18.3 Å². The van der Waals surface area contributed by atoms with Gasteiger partial charge in [-0.15, -0.1) is 0 Å². The van der Waals surface area contributed by atoms with E-state index in [4.69, 9.17) is 9.47 Å². The van der Waals surface area contributed by atoms with Crippen LogP contribution in [-0.2, 0) is 4.79 Å². The first-order valence-corrected chi connectivity index (χ1v) is 8.52. The summed E-state index contributed by atoms with van der Waals surface area (Å²) in [6.07, 6.45) is 5.03. The molecule has 5 nitrogen and oxygen atoms in total. The Morgan fingerprint density at radius 2 is 2.09 bits per heavy atom. The summed E-state index contributed by atoms with van der Waals surface area (Å²) in [7, 11) is 0. The molecule has 1 aliphatic rings. The van der Waals surface area contributed by atoms with Gasteiger partial charge in [0.2, 0.25) is 5.88 Å². The van der Waals surface area contributed by atoms with Gasteiger partial charge in [0.05, 0.1) is 6.20 Å². The minimum atomic E-state index is -0.0128. The fraction of sp³-hybridized carbons (Fsp3) is 0.667. The molecule has 0 spiro atoms. The fourth-order valence-corrected chi connectivity index (χ4v) is 2.33. The molecule has 0 bridgehead atoms. The quantitative estimate of drug-likeness (QED) is 0.758. The Bertz CT molecular complexity index is 495. The maximum atomic E-state index is 11.5. The number of hydrogen-bond acceptors (Lipinski definition) is 5. The molecule has 0 amide bonds. The second-order valence-corrected chi connectivity index (χ2v) is 6.63. The van der Waals surface area contributed by atoms with E-state index >= 15 is 0 Å². The Labute approximate surface area is 138 Å². The molecule has 1 fully saturated rings. The molecule has 0 saturated heterocycles. The van der Waals surface area contributed by atoms with Crippen molar-refractivity contribution in [3.63, 3.8) is 0 Å². The minimum Gasteiger partial charge on any atom is -0.484 e. The number of carbonyl (C=O) groups is 1. The number of nitrogens with zero attached hydrogens (tertiary/aromatic N) is 1. The maximum absolute atomic E-state index is 11.5. The molecule has 1 aromatic heterocycles. The first kappa shape index (κ1) is 17.7. The van der Waals surface area contributed by atoms with Gasteiger partial charge in [-0.3, -0.25) is 4.79 Å². The molecule has 0 radical (unpaired) electrons. The third-order valence-electron chi connectivity index (χ3n) is 4.25. The zero-order valence-corrected chi connectivity index (χ0v) is 14.5. The van der Waals surface area contributed by atoms with Crippen molar-refractivity contribution >= 4 is 5.78 Å². The van der Waals surface area contributed by atoms with Gasteiger partial charge < -0.3 is 14.8 Å².